The van der Waals surface area contributed by atoms with Crippen LogP contribution in [0.4, 0.5) is 11.4 Å². The smallest absolute Gasteiger partial charge is 0.305 e. The van der Waals surface area contributed by atoms with Crippen LogP contribution in [0.15, 0.2) is 22.7 Å². The minimum absolute atomic E-state index is 0.227. The van der Waals surface area contributed by atoms with Gasteiger partial charge in [0, 0.05) is 11.5 Å². The maximum absolute atomic E-state index is 12.0. The van der Waals surface area contributed by atoms with Gasteiger partial charge in [0.25, 0.3) is 0 Å². The van der Waals surface area contributed by atoms with E-state index in [-0.39, 0.29) is 12.3 Å². The lowest BCUT2D eigenvalue weighted by molar-refractivity contribution is -0.138. The first-order valence-corrected chi connectivity index (χ1v) is 5.84. The summed E-state index contributed by atoms with van der Waals surface area (Å²) in [5.74, 6) is -1.24. The molecule has 0 saturated heterocycles. The molecule has 1 amide bonds. The molecule has 0 spiro atoms. The monoisotopic (exact) mass is 298 g/mol. The Bertz CT molecular complexity index is 490. The number of benzene rings is 1. The molecule has 1 aliphatic rings. The summed E-state index contributed by atoms with van der Waals surface area (Å²) in [5.41, 5.74) is 1.49. The van der Waals surface area contributed by atoms with Gasteiger partial charge in [-0.25, -0.2) is 0 Å². The summed E-state index contributed by atoms with van der Waals surface area (Å²) < 4.78 is 0.798. The van der Waals surface area contributed by atoms with Crippen molar-refractivity contribution in [2.24, 2.45) is 0 Å². The minimum atomic E-state index is -0.998. The first-order chi connectivity index (χ1) is 8.00. The summed E-state index contributed by atoms with van der Waals surface area (Å²) in [7, 11) is 1.64. The Hall–Kier alpha value is -1.56. The largest absolute Gasteiger partial charge is 0.481 e. The van der Waals surface area contributed by atoms with E-state index in [9.17, 15) is 9.59 Å². The Morgan fingerprint density at radius 3 is 2.94 bits per heavy atom. The lowest BCUT2D eigenvalue weighted by Gasteiger charge is -2.33. The zero-order chi connectivity index (χ0) is 12.6. The van der Waals surface area contributed by atoms with Crippen molar-refractivity contribution in [3.63, 3.8) is 0 Å². The minimum Gasteiger partial charge on any atom is -0.481 e. The third kappa shape index (κ3) is 2.12. The highest BCUT2D eigenvalue weighted by atomic mass is 79.9. The van der Waals surface area contributed by atoms with Crippen molar-refractivity contribution < 1.29 is 14.7 Å². The average Bonchev–Trinajstić information content (AvgIpc) is 2.24. The maximum Gasteiger partial charge on any atom is 0.305 e. The van der Waals surface area contributed by atoms with Gasteiger partial charge < -0.3 is 15.3 Å². The fourth-order valence-electron chi connectivity index (χ4n) is 1.88. The van der Waals surface area contributed by atoms with Crippen LogP contribution in [0.2, 0.25) is 0 Å². The predicted molar refractivity (Wildman–Crippen MR) is 67.2 cm³/mol. The number of amides is 1. The molecular weight excluding hydrogens is 288 g/mol. The molecule has 0 bridgehead atoms. The third-order valence-electron chi connectivity index (χ3n) is 2.66. The van der Waals surface area contributed by atoms with Gasteiger partial charge in [-0.3, -0.25) is 9.59 Å². The zero-order valence-corrected chi connectivity index (χ0v) is 10.7. The fourth-order valence-corrected chi connectivity index (χ4v) is 2.51. The van der Waals surface area contributed by atoms with Gasteiger partial charge >= 0.3 is 5.97 Å². The van der Waals surface area contributed by atoms with Crippen molar-refractivity contribution in [2.75, 3.05) is 17.3 Å². The van der Waals surface area contributed by atoms with E-state index in [1.54, 1.807) is 7.05 Å². The van der Waals surface area contributed by atoms with Crippen LogP contribution in [0.1, 0.15) is 6.42 Å². The molecule has 1 aromatic rings. The van der Waals surface area contributed by atoms with Crippen LogP contribution < -0.4 is 10.2 Å². The highest BCUT2D eigenvalue weighted by molar-refractivity contribution is 9.10. The lowest BCUT2D eigenvalue weighted by Crippen LogP contribution is -2.46. The molecule has 0 radical (unpaired) electrons. The van der Waals surface area contributed by atoms with Gasteiger partial charge in [0.1, 0.15) is 6.04 Å². The first kappa shape index (κ1) is 11.9. The van der Waals surface area contributed by atoms with E-state index in [0.29, 0.717) is 0 Å². The van der Waals surface area contributed by atoms with Crippen molar-refractivity contribution in [2.45, 2.75) is 12.5 Å². The number of rotatable bonds is 2. The number of hydrogen-bond donors (Lipinski definition) is 2. The number of carboxylic acid groups (broad SMARTS) is 1. The van der Waals surface area contributed by atoms with Gasteiger partial charge in [0.2, 0.25) is 5.91 Å². The Kier molecular flexibility index (Phi) is 3.06. The SMILES string of the molecule is CN1C(=O)C(CC(=O)O)Nc2cccc(Br)c21. The van der Waals surface area contributed by atoms with Crippen molar-refractivity contribution in [1.82, 2.24) is 0 Å². The molecule has 5 nitrogen and oxygen atoms in total. The number of carboxylic acids is 1. The molecule has 1 atom stereocenters. The highest BCUT2D eigenvalue weighted by Gasteiger charge is 2.32. The standard InChI is InChI=1S/C11H11BrN2O3/c1-14-10-6(12)3-2-4-7(10)13-8(11(14)17)5-9(15)16/h2-4,8,13H,5H2,1H3,(H,15,16). The van der Waals surface area contributed by atoms with E-state index in [2.05, 4.69) is 21.2 Å². The number of carbonyl (C=O) groups excluding carboxylic acids is 1. The van der Waals surface area contributed by atoms with Gasteiger partial charge in [-0.2, -0.15) is 0 Å². The second kappa shape index (κ2) is 4.37. The molecule has 1 aromatic carbocycles. The van der Waals surface area contributed by atoms with Gasteiger partial charge in [-0.15, -0.1) is 0 Å². The van der Waals surface area contributed by atoms with Crippen molar-refractivity contribution in [3.8, 4) is 0 Å². The molecule has 90 valence electrons. The van der Waals surface area contributed by atoms with Crippen LogP contribution in [-0.4, -0.2) is 30.1 Å². The summed E-state index contributed by atoms with van der Waals surface area (Å²) >= 11 is 3.37. The number of likely N-dealkylation sites (N-methyl/N-ethyl adjacent to an activating group) is 1. The van der Waals surface area contributed by atoms with Crippen LogP contribution >= 0.6 is 15.9 Å². The normalized spacial score (nSPS) is 18.6. The number of nitrogens with one attached hydrogen (secondary N) is 1. The Morgan fingerprint density at radius 1 is 1.59 bits per heavy atom. The van der Waals surface area contributed by atoms with Gasteiger partial charge in [0.05, 0.1) is 17.8 Å². The molecule has 0 fully saturated rings. The molecule has 0 aromatic heterocycles. The Balaban J connectivity index is 2.39. The summed E-state index contributed by atoms with van der Waals surface area (Å²) in [6.07, 6.45) is -0.227. The van der Waals surface area contributed by atoms with Crippen LogP contribution in [0, 0.1) is 0 Å². The number of para-hydroxylation sites is 1. The first-order valence-electron chi connectivity index (χ1n) is 5.05. The number of hydrogen-bond acceptors (Lipinski definition) is 3. The van der Waals surface area contributed by atoms with Crippen LogP contribution in [0.5, 0.6) is 0 Å². The number of aliphatic carboxylic acids is 1. The molecule has 2 N–H and O–H groups in total. The Morgan fingerprint density at radius 2 is 2.29 bits per heavy atom. The Labute approximate surface area is 107 Å². The molecular formula is C11H11BrN2O3. The molecule has 2 rings (SSSR count). The molecule has 0 saturated carbocycles. The number of carbonyl (C=O) groups is 2. The summed E-state index contributed by atoms with van der Waals surface area (Å²) in [4.78, 5) is 24.1. The van der Waals surface area contributed by atoms with E-state index in [1.807, 2.05) is 18.2 Å². The van der Waals surface area contributed by atoms with Gasteiger partial charge in [-0.1, -0.05) is 6.07 Å². The average molecular weight is 299 g/mol. The van der Waals surface area contributed by atoms with Crippen molar-refractivity contribution in [1.29, 1.82) is 0 Å². The predicted octanol–water partition coefficient (Wildman–Crippen LogP) is 1.68. The molecule has 1 heterocycles. The van der Waals surface area contributed by atoms with Crippen LogP contribution in [-0.2, 0) is 9.59 Å². The van der Waals surface area contributed by atoms with Crippen LogP contribution in [0.3, 0.4) is 0 Å². The summed E-state index contributed by atoms with van der Waals surface area (Å²) in [6.45, 7) is 0. The van der Waals surface area contributed by atoms with Gasteiger partial charge in [-0.05, 0) is 28.1 Å². The number of anilines is 2. The molecule has 6 heteroatoms. The van der Waals surface area contributed by atoms with Crippen LogP contribution in [0.25, 0.3) is 0 Å². The number of fused-ring (bicyclic) bond motifs is 1. The van der Waals surface area contributed by atoms with E-state index in [0.717, 1.165) is 15.8 Å². The second-order valence-electron chi connectivity index (χ2n) is 3.83. The van der Waals surface area contributed by atoms with E-state index >= 15 is 0 Å². The molecule has 1 unspecified atom stereocenters. The fraction of sp³-hybridized carbons (Fsp3) is 0.273. The third-order valence-corrected chi connectivity index (χ3v) is 3.30. The molecule has 17 heavy (non-hydrogen) atoms. The summed E-state index contributed by atoms with van der Waals surface area (Å²) in [5, 5.41) is 11.7. The number of halogens is 1. The lowest BCUT2D eigenvalue weighted by atomic mass is 10.1. The van der Waals surface area contributed by atoms with E-state index < -0.39 is 12.0 Å². The van der Waals surface area contributed by atoms with E-state index in [4.69, 9.17) is 5.11 Å². The second-order valence-corrected chi connectivity index (χ2v) is 4.68. The van der Waals surface area contributed by atoms with E-state index in [1.165, 1.54) is 4.90 Å². The van der Waals surface area contributed by atoms with Gasteiger partial charge in [0.15, 0.2) is 0 Å². The molecule has 0 aliphatic carbocycles. The molecule has 1 aliphatic heterocycles. The highest BCUT2D eigenvalue weighted by Crippen LogP contribution is 2.37. The number of nitrogens with zero attached hydrogens (tertiary/aromatic N) is 1. The van der Waals surface area contributed by atoms with Crippen molar-refractivity contribution in [3.05, 3.63) is 22.7 Å². The maximum atomic E-state index is 12.0. The summed E-state index contributed by atoms with van der Waals surface area (Å²) in [6, 6.07) is 4.77. The van der Waals surface area contributed by atoms with Crippen molar-refractivity contribution >= 4 is 39.2 Å². The quantitative estimate of drug-likeness (QED) is 0.871. The zero-order valence-electron chi connectivity index (χ0n) is 9.11. The topological polar surface area (TPSA) is 69.6 Å².